The van der Waals surface area contributed by atoms with Crippen molar-refractivity contribution < 1.29 is 0 Å². The summed E-state index contributed by atoms with van der Waals surface area (Å²) in [6, 6.07) is 11.0. The molecule has 114 valence electrons. The van der Waals surface area contributed by atoms with Crippen LogP contribution in [0.4, 0.5) is 0 Å². The molecule has 0 radical (unpaired) electrons. The summed E-state index contributed by atoms with van der Waals surface area (Å²) in [6.45, 7) is 9.97. The lowest BCUT2D eigenvalue weighted by Crippen LogP contribution is -2.27. The molecule has 0 fully saturated rings. The zero-order valence-electron chi connectivity index (χ0n) is 13.9. The van der Waals surface area contributed by atoms with Crippen LogP contribution in [0, 0.1) is 0 Å². The number of nitrogens with one attached hydrogen (secondary N) is 1. The van der Waals surface area contributed by atoms with E-state index in [1.807, 2.05) is 17.9 Å². The van der Waals surface area contributed by atoms with Gasteiger partial charge in [-0.3, -0.25) is 4.68 Å². The van der Waals surface area contributed by atoms with Gasteiger partial charge in [0.25, 0.3) is 0 Å². The van der Waals surface area contributed by atoms with Crippen molar-refractivity contribution in [3.8, 4) is 0 Å². The van der Waals surface area contributed by atoms with Gasteiger partial charge in [-0.2, -0.15) is 5.10 Å². The van der Waals surface area contributed by atoms with Gasteiger partial charge in [-0.1, -0.05) is 52.0 Å². The molecule has 0 aliphatic heterocycles. The van der Waals surface area contributed by atoms with Crippen molar-refractivity contribution in [1.29, 1.82) is 0 Å². The lowest BCUT2D eigenvalue weighted by atomic mass is 9.81. The molecule has 3 heteroatoms. The van der Waals surface area contributed by atoms with Crippen LogP contribution in [-0.2, 0) is 12.5 Å². The molecule has 0 saturated carbocycles. The third kappa shape index (κ3) is 3.73. The van der Waals surface area contributed by atoms with E-state index in [0.29, 0.717) is 0 Å². The maximum atomic E-state index is 4.62. The topological polar surface area (TPSA) is 29.9 Å². The van der Waals surface area contributed by atoms with Crippen LogP contribution in [0.3, 0.4) is 0 Å². The molecular formula is C18H27N3. The van der Waals surface area contributed by atoms with E-state index in [0.717, 1.165) is 18.7 Å². The third-order valence-corrected chi connectivity index (χ3v) is 3.71. The van der Waals surface area contributed by atoms with Crippen molar-refractivity contribution in [1.82, 2.24) is 15.1 Å². The number of aryl methyl sites for hydroxylation is 1. The number of hydrogen-bond acceptors (Lipinski definition) is 2. The van der Waals surface area contributed by atoms with E-state index in [9.17, 15) is 0 Å². The van der Waals surface area contributed by atoms with Gasteiger partial charge in [0.2, 0.25) is 0 Å². The molecule has 3 nitrogen and oxygen atoms in total. The van der Waals surface area contributed by atoms with E-state index in [1.54, 1.807) is 0 Å². The Morgan fingerprint density at radius 2 is 1.90 bits per heavy atom. The van der Waals surface area contributed by atoms with Crippen molar-refractivity contribution in [3.63, 3.8) is 0 Å². The Morgan fingerprint density at radius 1 is 1.19 bits per heavy atom. The first-order chi connectivity index (χ1) is 9.93. The fraction of sp³-hybridized carbons (Fsp3) is 0.500. The van der Waals surface area contributed by atoms with Crippen molar-refractivity contribution in [2.45, 2.75) is 45.6 Å². The highest BCUT2D eigenvalue weighted by atomic mass is 15.3. The Kier molecular flexibility index (Phi) is 4.84. The van der Waals surface area contributed by atoms with E-state index in [1.165, 1.54) is 11.1 Å². The minimum Gasteiger partial charge on any atom is -0.305 e. The van der Waals surface area contributed by atoms with Crippen LogP contribution in [0.25, 0.3) is 0 Å². The van der Waals surface area contributed by atoms with Crippen molar-refractivity contribution >= 4 is 0 Å². The number of aromatic nitrogens is 2. The molecule has 1 aromatic heterocycles. The Bertz CT molecular complexity index is 578. The number of benzene rings is 1. The van der Waals surface area contributed by atoms with E-state index in [2.05, 4.69) is 68.4 Å². The largest absolute Gasteiger partial charge is 0.305 e. The number of hydrogen-bond donors (Lipinski definition) is 1. The van der Waals surface area contributed by atoms with Crippen LogP contribution in [0.5, 0.6) is 0 Å². The van der Waals surface area contributed by atoms with Crippen LogP contribution in [0.2, 0.25) is 0 Å². The predicted molar refractivity (Wildman–Crippen MR) is 88.5 cm³/mol. The zero-order chi connectivity index (χ0) is 15.5. The average Bonchev–Trinajstić information content (AvgIpc) is 2.85. The minimum absolute atomic E-state index is 0.123. The van der Waals surface area contributed by atoms with Gasteiger partial charge in [0.05, 0.1) is 11.7 Å². The monoisotopic (exact) mass is 285 g/mol. The molecule has 2 aromatic rings. The summed E-state index contributed by atoms with van der Waals surface area (Å²) in [7, 11) is 1.97. The molecule has 0 amide bonds. The van der Waals surface area contributed by atoms with Crippen LogP contribution >= 0.6 is 0 Å². The summed E-state index contributed by atoms with van der Waals surface area (Å²) in [5.41, 5.74) is 3.92. The highest BCUT2D eigenvalue weighted by Gasteiger charge is 2.24. The van der Waals surface area contributed by atoms with Crippen molar-refractivity contribution in [3.05, 3.63) is 53.3 Å². The highest BCUT2D eigenvalue weighted by Crippen LogP contribution is 2.32. The Balaban J connectivity index is 2.46. The second-order valence-corrected chi connectivity index (χ2v) is 6.64. The molecule has 1 N–H and O–H groups in total. The molecule has 0 aliphatic rings. The van der Waals surface area contributed by atoms with Crippen molar-refractivity contribution in [2.75, 3.05) is 6.54 Å². The SMILES string of the molecule is CCCNC(c1ccn(C)n1)c1ccccc1C(C)(C)C. The maximum absolute atomic E-state index is 4.62. The molecule has 1 atom stereocenters. The van der Waals surface area contributed by atoms with Gasteiger partial charge in [-0.05, 0) is 35.6 Å². The lowest BCUT2D eigenvalue weighted by Gasteiger charge is -2.27. The van der Waals surface area contributed by atoms with Crippen molar-refractivity contribution in [2.24, 2.45) is 7.05 Å². The van der Waals surface area contributed by atoms with Crippen LogP contribution in [0.1, 0.15) is 57.0 Å². The Morgan fingerprint density at radius 3 is 2.48 bits per heavy atom. The highest BCUT2D eigenvalue weighted by molar-refractivity contribution is 5.38. The van der Waals surface area contributed by atoms with Gasteiger partial charge in [0.15, 0.2) is 0 Å². The summed E-state index contributed by atoms with van der Waals surface area (Å²) in [5.74, 6) is 0. The molecule has 0 aliphatic carbocycles. The van der Waals surface area contributed by atoms with Gasteiger partial charge in [0.1, 0.15) is 0 Å². The van der Waals surface area contributed by atoms with Gasteiger partial charge in [0, 0.05) is 13.2 Å². The summed E-state index contributed by atoms with van der Waals surface area (Å²) >= 11 is 0. The standard InChI is InChI=1S/C18H27N3/c1-6-12-19-17(16-11-13-21(5)20-16)14-9-7-8-10-15(14)18(2,3)4/h7-11,13,17,19H,6,12H2,1-5H3. The second kappa shape index (κ2) is 6.44. The van der Waals surface area contributed by atoms with E-state index < -0.39 is 0 Å². The molecule has 1 unspecified atom stereocenters. The van der Waals surface area contributed by atoms with Gasteiger partial charge in [-0.25, -0.2) is 0 Å². The third-order valence-electron chi connectivity index (χ3n) is 3.71. The first-order valence-electron chi connectivity index (χ1n) is 7.76. The Hall–Kier alpha value is -1.61. The van der Waals surface area contributed by atoms with Crippen LogP contribution in [0.15, 0.2) is 36.5 Å². The molecule has 1 aromatic carbocycles. The molecule has 0 spiro atoms. The van der Waals surface area contributed by atoms with Gasteiger partial charge >= 0.3 is 0 Å². The normalized spacial score (nSPS) is 13.4. The molecule has 1 heterocycles. The summed E-state index contributed by atoms with van der Waals surface area (Å²) in [6.07, 6.45) is 3.12. The number of rotatable bonds is 5. The average molecular weight is 285 g/mol. The quantitative estimate of drug-likeness (QED) is 0.905. The summed E-state index contributed by atoms with van der Waals surface area (Å²) in [4.78, 5) is 0. The van der Waals surface area contributed by atoms with Crippen LogP contribution < -0.4 is 5.32 Å². The Labute approximate surface area is 128 Å². The number of nitrogens with zero attached hydrogens (tertiary/aromatic N) is 2. The van der Waals surface area contributed by atoms with Crippen LogP contribution in [-0.4, -0.2) is 16.3 Å². The first-order valence-corrected chi connectivity index (χ1v) is 7.76. The summed E-state index contributed by atoms with van der Waals surface area (Å²) in [5, 5.41) is 8.27. The summed E-state index contributed by atoms with van der Waals surface area (Å²) < 4.78 is 1.87. The fourth-order valence-corrected chi connectivity index (χ4v) is 2.68. The fourth-order valence-electron chi connectivity index (χ4n) is 2.68. The first kappa shape index (κ1) is 15.8. The molecule has 2 rings (SSSR count). The smallest absolute Gasteiger partial charge is 0.0839 e. The molecule has 21 heavy (non-hydrogen) atoms. The molecule has 0 saturated heterocycles. The van der Waals surface area contributed by atoms with E-state index in [4.69, 9.17) is 0 Å². The van der Waals surface area contributed by atoms with Gasteiger partial charge < -0.3 is 5.32 Å². The lowest BCUT2D eigenvalue weighted by molar-refractivity contribution is 0.538. The second-order valence-electron chi connectivity index (χ2n) is 6.64. The maximum Gasteiger partial charge on any atom is 0.0839 e. The molecular weight excluding hydrogens is 258 g/mol. The van der Waals surface area contributed by atoms with Gasteiger partial charge in [-0.15, -0.1) is 0 Å². The van der Waals surface area contributed by atoms with E-state index >= 15 is 0 Å². The molecule has 0 bridgehead atoms. The predicted octanol–water partition coefficient (Wildman–Crippen LogP) is 3.81. The van der Waals surface area contributed by atoms with E-state index in [-0.39, 0.29) is 11.5 Å². The minimum atomic E-state index is 0.123. The zero-order valence-corrected chi connectivity index (χ0v) is 13.9.